The van der Waals surface area contributed by atoms with E-state index in [0.717, 1.165) is 5.56 Å². The van der Waals surface area contributed by atoms with E-state index >= 15 is 0 Å². The third-order valence-electron chi connectivity index (χ3n) is 3.15. The fourth-order valence-corrected chi connectivity index (χ4v) is 3.07. The van der Waals surface area contributed by atoms with E-state index in [-0.39, 0.29) is 11.7 Å². The number of aliphatic hydroxyl groups is 1. The number of rotatable bonds is 6. The fourth-order valence-electron chi connectivity index (χ4n) is 2.15. The molecule has 0 atom stereocenters. The van der Waals surface area contributed by atoms with Crippen molar-refractivity contribution in [3.8, 4) is 16.5 Å². The SMILES string of the molecule is Nc1c(OC=O)sc2nc(-c3ccccc3)nc(NCCO)c12. The molecule has 0 unspecified atom stereocenters. The number of nitrogens with one attached hydrogen (secondary N) is 1. The number of fused-ring (bicyclic) bond motifs is 1. The number of thiophene rings is 1. The maximum absolute atomic E-state index is 10.6. The quantitative estimate of drug-likeness (QED) is 0.592. The second-order valence-corrected chi connectivity index (χ2v) is 5.57. The molecule has 23 heavy (non-hydrogen) atoms. The molecule has 0 amide bonds. The summed E-state index contributed by atoms with van der Waals surface area (Å²) in [4.78, 5) is 20.2. The molecule has 3 rings (SSSR count). The van der Waals surface area contributed by atoms with E-state index in [4.69, 9.17) is 15.6 Å². The van der Waals surface area contributed by atoms with Gasteiger partial charge in [0.2, 0.25) is 5.06 Å². The van der Waals surface area contributed by atoms with Gasteiger partial charge in [0.25, 0.3) is 6.47 Å². The van der Waals surface area contributed by atoms with Gasteiger partial charge in [-0.05, 0) is 0 Å². The Morgan fingerprint density at radius 3 is 2.78 bits per heavy atom. The summed E-state index contributed by atoms with van der Waals surface area (Å²) in [7, 11) is 0. The third kappa shape index (κ3) is 2.94. The normalized spacial score (nSPS) is 10.7. The summed E-state index contributed by atoms with van der Waals surface area (Å²) in [6, 6.07) is 9.50. The van der Waals surface area contributed by atoms with Crippen LogP contribution in [0.25, 0.3) is 21.6 Å². The first-order valence-electron chi connectivity index (χ1n) is 6.85. The minimum Gasteiger partial charge on any atom is -0.415 e. The van der Waals surface area contributed by atoms with Crippen LogP contribution < -0.4 is 15.8 Å². The molecule has 0 aliphatic carbocycles. The predicted octanol–water partition coefficient (Wildman–Crippen LogP) is 1.88. The van der Waals surface area contributed by atoms with Crippen molar-refractivity contribution in [3.63, 3.8) is 0 Å². The van der Waals surface area contributed by atoms with Crippen LogP contribution in [0.15, 0.2) is 30.3 Å². The number of hydrogen-bond donors (Lipinski definition) is 3. The standard InChI is InChI=1S/C15H14N4O3S/c16-11-10-13(17-6-7-20)18-12(9-4-2-1-3-5-9)19-14(10)23-15(11)22-8-21/h1-5,8,20H,6-7,16H2,(H,17,18,19). The van der Waals surface area contributed by atoms with E-state index in [9.17, 15) is 4.79 Å². The number of nitrogens with two attached hydrogens (primary N) is 1. The van der Waals surface area contributed by atoms with Gasteiger partial charge in [0.05, 0.1) is 17.7 Å². The molecule has 0 saturated carbocycles. The summed E-state index contributed by atoms with van der Waals surface area (Å²) >= 11 is 1.17. The molecule has 0 aliphatic rings. The zero-order valence-corrected chi connectivity index (χ0v) is 12.8. The molecule has 1 aromatic carbocycles. The molecule has 0 saturated heterocycles. The first-order chi connectivity index (χ1) is 11.2. The summed E-state index contributed by atoms with van der Waals surface area (Å²) in [5, 5.41) is 12.9. The topological polar surface area (TPSA) is 110 Å². The Bertz CT molecular complexity index is 836. The lowest BCUT2D eigenvalue weighted by molar-refractivity contribution is -0.120. The Labute approximate surface area is 135 Å². The van der Waals surface area contributed by atoms with Crippen LogP contribution in [0.5, 0.6) is 5.06 Å². The monoisotopic (exact) mass is 330 g/mol. The van der Waals surface area contributed by atoms with Crippen molar-refractivity contribution in [1.82, 2.24) is 9.97 Å². The van der Waals surface area contributed by atoms with E-state index in [0.29, 0.717) is 40.6 Å². The van der Waals surface area contributed by atoms with Crippen molar-refractivity contribution < 1.29 is 14.6 Å². The van der Waals surface area contributed by atoms with E-state index in [1.807, 2.05) is 30.3 Å². The zero-order chi connectivity index (χ0) is 16.2. The van der Waals surface area contributed by atoms with E-state index < -0.39 is 0 Å². The Kier molecular flexibility index (Phi) is 4.35. The lowest BCUT2D eigenvalue weighted by Gasteiger charge is -2.08. The maximum Gasteiger partial charge on any atom is 0.299 e. The highest BCUT2D eigenvalue weighted by atomic mass is 32.1. The second kappa shape index (κ2) is 6.59. The summed E-state index contributed by atoms with van der Waals surface area (Å²) in [5.41, 5.74) is 7.19. The zero-order valence-electron chi connectivity index (χ0n) is 12.0. The number of nitrogen functional groups attached to an aromatic ring is 1. The Morgan fingerprint density at radius 1 is 1.30 bits per heavy atom. The molecule has 0 bridgehead atoms. The predicted molar refractivity (Wildman–Crippen MR) is 89.5 cm³/mol. The summed E-state index contributed by atoms with van der Waals surface area (Å²) in [5.74, 6) is 1.02. The number of aromatic nitrogens is 2. The van der Waals surface area contributed by atoms with Crippen LogP contribution in [-0.4, -0.2) is 34.7 Å². The minimum absolute atomic E-state index is 0.0477. The number of anilines is 2. The first-order valence-corrected chi connectivity index (χ1v) is 7.66. The van der Waals surface area contributed by atoms with Gasteiger partial charge in [0.15, 0.2) is 5.82 Å². The van der Waals surface area contributed by atoms with Crippen LogP contribution in [-0.2, 0) is 4.79 Å². The highest BCUT2D eigenvalue weighted by Gasteiger charge is 2.18. The number of hydrogen-bond acceptors (Lipinski definition) is 8. The Balaban J connectivity index is 2.19. The van der Waals surface area contributed by atoms with Crippen LogP contribution in [0.4, 0.5) is 11.5 Å². The lowest BCUT2D eigenvalue weighted by atomic mass is 10.2. The molecule has 0 fully saturated rings. The second-order valence-electron chi connectivity index (χ2n) is 4.61. The fraction of sp³-hybridized carbons (Fsp3) is 0.133. The highest BCUT2D eigenvalue weighted by Crippen LogP contribution is 2.42. The summed E-state index contributed by atoms with van der Waals surface area (Å²) in [6.07, 6.45) is 0. The van der Waals surface area contributed by atoms with E-state index in [2.05, 4.69) is 15.3 Å². The number of carbonyl (C=O) groups is 1. The van der Waals surface area contributed by atoms with Crippen LogP contribution in [0.2, 0.25) is 0 Å². The molecular weight excluding hydrogens is 316 g/mol. The van der Waals surface area contributed by atoms with Crippen molar-refractivity contribution in [1.29, 1.82) is 0 Å². The van der Waals surface area contributed by atoms with Crippen LogP contribution in [0.1, 0.15) is 0 Å². The number of benzene rings is 1. The molecule has 4 N–H and O–H groups in total. The molecule has 118 valence electrons. The summed E-state index contributed by atoms with van der Waals surface area (Å²) < 4.78 is 4.89. The molecule has 8 heteroatoms. The maximum atomic E-state index is 10.6. The highest BCUT2D eigenvalue weighted by molar-refractivity contribution is 7.21. The first kappa shape index (κ1) is 15.2. The van der Waals surface area contributed by atoms with Gasteiger partial charge in [-0.2, -0.15) is 0 Å². The van der Waals surface area contributed by atoms with Gasteiger partial charge >= 0.3 is 0 Å². The molecular formula is C15H14N4O3S. The van der Waals surface area contributed by atoms with Gasteiger partial charge in [-0.3, -0.25) is 4.79 Å². The number of carbonyl (C=O) groups excluding carboxylic acids is 1. The third-order valence-corrected chi connectivity index (χ3v) is 4.14. The van der Waals surface area contributed by atoms with Crippen molar-refractivity contribution >= 4 is 39.5 Å². The number of aliphatic hydroxyl groups excluding tert-OH is 1. The largest absolute Gasteiger partial charge is 0.415 e. The van der Waals surface area contributed by atoms with Gasteiger partial charge in [-0.1, -0.05) is 41.7 Å². The number of ether oxygens (including phenoxy) is 1. The molecule has 0 radical (unpaired) electrons. The Hall–Kier alpha value is -2.71. The average Bonchev–Trinajstić information content (AvgIpc) is 2.90. The molecule has 0 aliphatic heterocycles. The lowest BCUT2D eigenvalue weighted by Crippen LogP contribution is -2.08. The molecule has 7 nitrogen and oxygen atoms in total. The van der Waals surface area contributed by atoms with Gasteiger partial charge in [0.1, 0.15) is 10.6 Å². The Morgan fingerprint density at radius 2 is 2.09 bits per heavy atom. The molecule has 3 aromatic rings. The van der Waals surface area contributed by atoms with Gasteiger partial charge in [0, 0.05) is 12.1 Å². The van der Waals surface area contributed by atoms with Crippen molar-refractivity contribution in [2.45, 2.75) is 0 Å². The minimum atomic E-state index is -0.0477. The van der Waals surface area contributed by atoms with E-state index in [1.54, 1.807) is 0 Å². The van der Waals surface area contributed by atoms with Gasteiger partial charge in [-0.25, -0.2) is 9.97 Å². The van der Waals surface area contributed by atoms with Crippen LogP contribution in [0, 0.1) is 0 Å². The van der Waals surface area contributed by atoms with E-state index in [1.165, 1.54) is 11.3 Å². The molecule has 0 spiro atoms. The van der Waals surface area contributed by atoms with Gasteiger partial charge < -0.3 is 20.9 Å². The van der Waals surface area contributed by atoms with Crippen molar-refractivity contribution in [2.24, 2.45) is 0 Å². The van der Waals surface area contributed by atoms with Crippen LogP contribution >= 0.6 is 11.3 Å². The van der Waals surface area contributed by atoms with Crippen molar-refractivity contribution in [3.05, 3.63) is 30.3 Å². The van der Waals surface area contributed by atoms with Gasteiger partial charge in [-0.15, -0.1) is 0 Å². The number of nitrogens with zero attached hydrogens (tertiary/aromatic N) is 2. The van der Waals surface area contributed by atoms with Crippen molar-refractivity contribution in [2.75, 3.05) is 24.2 Å². The average molecular weight is 330 g/mol. The summed E-state index contributed by atoms with van der Waals surface area (Å²) in [6.45, 7) is 0.598. The smallest absolute Gasteiger partial charge is 0.299 e. The van der Waals surface area contributed by atoms with Crippen LogP contribution in [0.3, 0.4) is 0 Å². The molecule has 2 aromatic heterocycles. The molecule has 2 heterocycles.